The van der Waals surface area contributed by atoms with Crippen LogP contribution in [0.15, 0.2) is 41.1 Å². The molecule has 3 N–H and O–H groups in total. The van der Waals surface area contributed by atoms with Crippen molar-refractivity contribution in [2.75, 3.05) is 11.9 Å². The zero-order chi connectivity index (χ0) is 15.9. The summed E-state index contributed by atoms with van der Waals surface area (Å²) in [6.45, 7) is -0.0343. The van der Waals surface area contributed by atoms with Crippen molar-refractivity contribution >= 4 is 28.8 Å². The minimum absolute atomic E-state index is 0.0343. The second-order valence-corrected chi connectivity index (χ2v) is 5.24. The standard InChI is InChI=1S/C16H14N2O3S/c1-2-11-4-3-5-13(8-11)18-16(21)15(20)17-9-14(19)12-6-7-22-10-12/h1,3-8,10,14,19H,9H2,(H,17,20)(H,18,21). The highest BCUT2D eigenvalue weighted by molar-refractivity contribution is 7.07. The molecule has 1 aromatic carbocycles. The van der Waals surface area contributed by atoms with E-state index in [4.69, 9.17) is 6.42 Å². The Kier molecular flexibility index (Phi) is 5.31. The van der Waals surface area contributed by atoms with Gasteiger partial charge in [-0.2, -0.15) is 11.3 Å². The molecule has 0 radical (unpaired) electrons. The summed E-state index contributed by atoms with van der Waals surface area (Å²) in [5, 5.41) is 18.3. The molecule has 0 aliphatic heterocycles. The monoisotopic (exact) mass is 314 g/mol. The minimum Gasteiger partial charge on any atom is -0.387 e. The molecule has 0 saturated heterocycles. The van der Waals surface area contributed by atoms with Gasteiger partial charge in [0.2, 0.25) is 0 Å². The zero-order valence-corrected chi connectivity index (χ0v) is 12.4. The van der Waals surface area contributed by atoms with Crippen LogP contribution in [-0.2, 0) is 9.59 Å². The van der Waals surface area contributed by atoms with E-state index in [0.717, 1.165) is 0 Å². The molecular weight excluding hydrogens is 300 g/mol. The van der Waals surface area contributed by atoms with Crippen LogP contribution in [0.1, 0.15) is 17.2 Å². The first kappa shape index (κ1) is 15.8. The Hall–Kier alpha value is -2.62. The van der Waals surface area contributed by atoms with E-state index in [2.05, 4.69) is 16.6 Å². The van der Waals surface area contributed by atoms with Crippen LogP contribution >= 0.6 is 11.3 Å². The highest BCUT2D eigenvalue weighted by atomic mass is 32.1. The van der Waals surface area contributed by atoms with E-state index in [0.29, 0.717) is 16.8 Å². The van der Waals surface area contributed by atoms with Crippen LogP contribution in [0.25, 0.3) is 0 Å². The Morgan fingerprint density at radius 3 is 2.82 bits per heavy atom. The fraction of sp³-hybridized carbons (Fsp3) is 0.125. The number of hydrogen-bond donors (Lipinski definition) is 3. The van der Waals surface area contributed by atoms with Gasteiger partial charge in [-0.1, -0.05) is 12.0 Å². The molecule has 22 heavy (non-hydrogen) atoms. The van der Waals surface area contributed by atoms with Gasteiger partial charge in [0.1, 0.15) is 0 Å². The SMILES string of the molecule is C#Cc1cccc(NC(=O)C(=O)NCC(O)c2ccsc2)c1. The largest absolute Gasteiger partial charge is 0.387 e. The molecule has 1 unspecified atom stereocenters. The molecule has 1 heterocycles. The fourth-order valence-corrected chi connectivity index (χ4v) is 2.43. The number of carbonyl (C=O) groups is 2. The first-order valence-electron chi connectivity index (χ1n) is 6.46. The number of anilines is 1. The lowest BCUT2D eigenvalue weighted by atomic mass is 10.2. The molecule has 0 saturated carbocycles. The predicted molar refractivity (Wildman–Crippen MR) is 85.3 cm³/mol. The van der Waals surface area contributed by atoms with Gasteiger partial charge in [0, 0.05) is 17.8 Å². The molecule has 0 fully saturated rings. The predicted octanol–water partition coefficient (Wildman–Crippen LogP) is 1.52. The van der Waals surface area contributed by atoms with Crippen LogP contribution in [0.4, 0.5) is 5.69 Å². The smallest absolute Gasteiger partial charge is 0.313 e. The lowest BCUT2D eigenvalue weighted by molar-refractivity contribution is -0.136. The maximum atomic E-state index is 11.8. The summed E-state index contributed by atoms with van der Waals surface area (Å²) in [6.07, 6.45) is 4.43. The third-order valence-corrected chi connectivity index (χ3v) is 3.58. The molecule has 1 aromatic heterocycles. The zero-order valence-electron chi connectivity index (χ0n) is 11.6. The van der Waals surface area contributed by atoms with Crippen molar-refractivity contribution < 1.29 is 14.7 Å². The number of nitrogens with one attached hydrogen (secondary N) is 2. The van der Waals surface area contributed by atoms with Gasteiger partial charge in [-0.3, -0.25) is 9.59 Å². The average Bonchev–Trinajstić information content (AvgIpc) is 3.06. The summed E-state index contributed by atoms with van der Waals surface area (Å²) in [5.41, 5.74) is 1.74. The number of rotatable bonds is 4. The highest BCUT2D eigenvalue weighted by Crippen LogP contribution is 2.15. The average molecular weight is 314 g/mol. The maximum Gasteiger partial charge on any atom is 0.313 e. The molecule has 5 nitrogen and oxygen atoms in total. The molecule has 6 heteroatoms. The lowest BCUT2D eigenvalue weighted by Gasteiger charge is -2.10. The third-order valence-electron chi connectivity index (χ3n) is 2.88. The lowest BCUT2D eigenvalue weighted by Crippen LogP contribution is -2.37. The number of carbonyl (C=O) groups excluding carboxylic acids is 2. The summed E-state index contributed by atoms with van der Waals surface area (Å²) < 4.78 is 0. The number of hydrogen-bond acceptors (Lipinski definition) is 4. The summed E-state index contributed by atoms with van der Waals surface area (Å²) >= 11 is 1.45. The molecule has 0 aliphatic carbocycles. The van der Waals surface area contributed by atoms with Crippen molar-refractivity contribution in [1.82, 2.24) is 5.32 Å². The van der Waals surface area contributed by atoms with Crippen LogP contribution in [0.5, 0.6) is 0 Å². The Morgan fingerprint density at radius 1 is 1.32 bits per heavy atom. The molecule has 0 aliphatic rings. The van der Waals surface area contributed by atoms with Gasteiger partial charge in [0.15, 0.2) is 0 Å². The van der Waals surface area contributed by atoms with Gasteiger partial charge in [-0.25, -0.2) is 0 Å². The highest BCUT2D eigenvalue weighted by Gasteiger charge is 2.16. The second kappa shape index (κ2) is 7.41. The fourth-order valence-electron chi connectivity index (χ4n) is 1.73. The molecule has 0 spiro atoms. The van der Waals surface area contributed by atoms with Gasteiger partial charge in [-0.15, -0.1) is 6.42 Å². The first-order chi connectivity index (χ1) is 10.6. The van der Waals surface area contributed by atoms with Gasteiger partial charge in [0.25, 0.3) is 0 Å². The Morgan fingerprint density at radius 2 is 2.14 bits per heavy atom. The van der Waals surface area contributed by atoms with Crippen LogP contribution in [-0.4, -0.2) is 23.5 Å². The van der Waals surface area contributed by atoms with Crippen LogP contribution < -0.4 is 10.6 Å². The third kappa shape index (κ3) is 4.19. The van der Waals surface area contributed by atoms with Gasteiger partial charge < -0.3 is 15.7 Å². The van der Waals surface area contributed by atoms with Crippen LogP contribution in [0.3, 0.4) is 0 Å². The quantitative estimate of drug-likeness (QED) is 0.591. The van der Waals surface area contributed by atoms with E-state index in [1.54, 1.807) is 35.7 Å². The van der Waals surface area contributed by atoms with E-state index in [1.165, 1.54) is 11.3 Å². The van der Waals surface area contributed by atoms with Crippen molar-refractivity contribution in [2.24, 2.45) is 0 Å². The van der Waals surface area contributed by atoms with Crippen LogP contribution in [0, 0.1) is 12.3 Å². The number of aliphatic hydroxyl groups is 1. The van der Waals surface area contributed by atoms with Gasteiger partial charge in [0.05, 0.1) is 6.10 Å². The number of thiophene rings is 1. The van der Waals surface area contributed by atoms with E-state index in [9.17, 15) is 14.7 Å². The Bertz CT molecular complexity index is 704. The number of terminal acetylenes is 1. The molecule has 2 rings (SSSR count). The van der Waals surface area contributed by atoms with Crippen molar-refractivity contribution in [1.29, 1.82) is 0 Å². The van der Waals surface area contributed by atoms with E-state index < -0.39 is 17.9 Å². The normalized spacial score (nSPS) is 11.3. The first-order valence-corrected chi connectivity index (χ1v) is 7.40. The topological polar surface area (TPSA) is 78.4 Å². The van der Waals surface area contributed by atoms with E-state index in [-0.39, 0.29) is 6.54 Å². The molecule has 0 bridgehead atoms. The van der Waals surface area contributed by atoms with Crippen molar-refractivity contribution in [3.05, 3.63) is 52.2 Å². The molecule has 112 valence electrons. The van der Waals surface area contributed by atoms with Gasteiger partial charge in [-0.05, 0) is 40.6 Å². The summed E-state index contributed by atoms with van der Waals surface area (Å²) in [5.74, 6) is 0.809. The second-order valence-electron chi connectivity index (χ2n) is 4.46. The Labute approximate surface area is 132 Å². The van der Waals surface area contributed by atoms with Crippen molar-refractivity contribution in [3.63, 3.8) is 0 Å². The number of amides is 2. The molecule has 1 atom stereocenters. The van der Waals surface area contributed by atoms with Crippen molar-refractivity contribution in [3.8, 4) is 12.3 Å². The molecular formula is C16H14N2O3S. The van der Waals surface area contributed by atoms with E-state index >= 15 is 0 Å². The van der Waals surface area contributed by atoms with Crippen molar-refractivity contribution in [2.45, 2.75) is 6.10 Å². The maximum absolute atomic E-state index is 11.8. The summed E-state index contributed by atoms with van der Waals surface area (Å²) in [6, 6.07) is 8.38. The molecule has 2 aromatic rings. The molecule has 2 amide bonds. The van der Waals surface area contributed by atoms with E-state index in [1.807, 2.05) is 5.38 Å². The summed E-state index contributed by atoms with van der Waals surface area (Å²) in [7, 11) is 0. The number of aliphatic hydroxyl groups excluding tert-OH is 1. The summed E-state index contributed by atoms with van der Waals surface area (Å²) in [4.78, 5) is 23.5. The minimum atomic E-state index is -0.840. The van der Waals surface area contributed by atoms with Gasteiger partial charge >= 0.3 is 11.8 Å². The number of benzene rings is 1. The van der Waals surface area contributed by atoms with Crippen LogP contribution in [0.2, 0.25) is 0 Å². The Balaban J connectivity index is 1.87.